The molecule has 0 spiro atoms. The average molecular weight is 603 g/mol. The molecule has 0 radical (unpaired) electrons. The molecular formula is C33H50N2O8. The number of hydrogen-bond donors (Lipinski definition) is 1. The van der Waals surface area contributed by atoms with Gasteiger partial charge in [0.25, 0.3) is 0 Å². The number of carbonyl (C=O) groups excluding carboxylic acids is 3. The molecule has 0 bridgehead atoms. The third-order valence-corrected chi connectivity index (χ3v) is 12.8. The van der Waals surface area contributed by atoms with Crippen LogP contribution in [-0.4, -0.2) is 104 Å². The summed E-state index contributed by atoms with van der Waals surface area (Å²) in [7, 11) is 1.88. The lowest BCUT2D eigenvalue weighted by atomic mass is 9.43. The number of cyclic esters (lactones) is 1. The molecule has 0 aromatic heterocycles. The molecule has 1 amide bonds. The maximum Gasteiger partial charge on any atom is 0.409 e. The van der Waals surface area contributed by atoms with Crippen molar-refractivity contribution in [3.63, 3.8) is 0 Å². The number of carbonyl (C=O) groups is 3. The molecule has 2 heterocycles. The number of esters is 2. The van der Waals surface area contributed by atoms with Gasteiger partial charge in [-0.2, -0.15) is 0 Å². The van der Waals surface area contributed by atoms with Crippen LogP contribution in [0.5, 0.6) is 0 Å². The first kappa shape index (κ1) is 30.8. The zero-order valence-electron chi connectivity index (χ0n) is 26.3. The van der Waals surface area contributed by atoms with Gasteiger partial charge in [-0.05, 0) is 73.7 Å². The van der Waals surface area contributed by atoms with Crippen molar-refractivity contribution in [3.05, 3.63) is 11.6 Å². The molecule has 10 nitrogen and oxygen atoms in total. The highest BCUT2D eigenvalue weighted by Gasteiger charge is 2.71. The molecular weight excluding hydrogens is 552 g/mol. The van der Waals surface area contributed by atoms with Crippen molar-refractivity contribution in [2.24, 2.45) is 34.5 Å². The van der Waals surface area contributed by atoms with Gasteiger partial charge in [0.05, 0.1) is 18.8 Å². The molecule has 240 valence electrons. The van der Waals surface area contributed by atoms with E-state index in [0.29, 0.717) is 24.9 Å². The van der Waals surface area contributed by atoms with Crippen LogP contribution in [0.3, 0.4) is 0 Å². The van der Waals surface area contributed by atoms with E-state index < -0.39 is 17.1 Å². The molecule has 1 N–H and O–H groups in total. The quantitative estimate of drug-likeness (QED) is 0.360. The number of morpholine rings is 1. The molecule has 2 aliphatic heterocycles. The van der Waals surface area contributed by atoms with Gasteiger partial charge in [0.2, 0.25) is 0 Å². The fourth-order valence-electron chi connectivity index (χ4n) is 10.4. The molecule has 0 aromatic carbocycles. The van der Waals surface area contributed by atoms with Crippen LogP contribution < -0.4 is 0 Å². The Labute approximate surface area is 255 Å². The molecule has 0 unspecified atom stereocenters. The van der Waals surface area contributed by atoms with E-state index in [1.807, 2.05) is 11.9 Å². The Hall–Kier alpha value is -2.17. The third-order valence-electron chi connectivity index (χ3n) is 12.8. The van der Waals surface area contributed by atoms with Crippen molar-refractivity contribution in [2.45, 2.75) is 89.9 Å². The van der Waals surface area contributed by atoms with Crippen LogP contribution in [-0.2, 0) is 28.5 Å². The van der Waals surface area contributed by atoms with Crippen LogP contribution in [0, 0.1) is 34.5 Å². The van der Waals surface area contributed by atoms with Gasteiger partial charge < -0.3 is 29.0 Å². The van der Waals surface area contributed by atoms with E-state index in [4.69, 9.17) is 18.9 Å². The maximum atomic E-state index is 13.0. The zero-order valence-corrected chi connectivity index (χ0v) is 26.3. The summed E-state index contributed by atoms with van der Waals surface area (Å²) in [4.78, 5) is 41.3. The number of rotatable bonds is 6. The molecule has 43 heavy (non-hydrogen) atoms. The van der Waals surface area contributed by atoms with E-state index in [2.05, 4.69) is 18.7 Å². The van der Waals surface area contributed by atoms with Crippen LogP contribution in [0.15, 0.2) is 11.6 Å². The van der Waals surface area contributed by atoms with Gasteiger partial charge in [-0.1, -0.05) is 13.8 Å². The topological polar surface area (TPSA) is 115 Å². The Morgan fingerprint density at radius 3 is 2.58 bits per heavy atom. The van der Waals surface area contributed by atoms with Crippen molar-refractivity contribution in [2.75, 3.05) is 53.1 Å². The number of nitrogens with zero attached hydrogens (tertiary/aromatic N) is 2. The van der Waals surface area contributed by atoms with Gasteiger partial charge in [0.1, 0.15) is 19.3 Å². The van der Waals surface area contributed by atoms with Crippen LogP contribution >= 0.6 is 0 Å². The molecule has 10 heteroatoms. The van der Waals surface area contributed by atoms with Crippen molar-refractivity contribution >= 4 is 18.0 Å². The van der Waals surface area contributed by atoms with Crippen LogP contribution in [0.4, 0.5) is 4.79 Å². The number of hydrogen-bond acceptors (Lipinski definition) is 9. The van der Waals surface area contributed by atoms with E-state index in [9.17, 15) is 19.5 Å². The fraction of sp³-hybridized carbons (Fsp3) is 0.848. The Morgan fingerprint density at radius 2 is 1.88 bits per heavy atom. The number of ether oxygens (including phenoxy) is 4. The lowest BCUT2D eigenvalue weighted by Gasteiger charge is -2.63. The largest absolute Gasteiger partial charge is 0.462 e. The normalized spacial score (nSPS) is 42.6. The minimum atomic E-state index is -1.00. The lowest BCUT2D eigenvalue weighted by molar-refractivity contribution is -0.206. The van der Waals surface area contributed by atoms with E-state index >= 15 is 0 Å². The first-order valence-corrected chi connectivity index (χ1v) is 16.4. The predicted octanol–water partition coefficient (Wildman–Crippen LogP) is 3.55. The minimum Gasteiger partial charge on any atom is -0.462 e. The summed E-state index contributed by atoms with van der Waals surface area (Å²) >= 11 is 0. The first-order valence-electron chi connectivity index (χ1n) is 16.4. The summed E-state index contributed by atoms with van der Waals surface area (Å²) < 4.78 is 22.2. The smallest absolute Gasteiger partial charge is 0.409 e. The second-order valence-corrected chi connectivity index (χ2v) is 14.6. The molecule has 0 aromatic rings. The van der Waals surface area contributed by atoms with Crippen LogP contribution in [0.1, 0.15) is 72.1 Å². The molecule has 6 rings (SSSR count). The first-order chi connectivity index (χ1) is 20.5. The number of aliphatic hydroxyl groups is 1. The average Bonchev–Trinajstić information content (AvgIpc) is 3.49. The van der Waals surface area contributed by atoms with E-state index in [1.165, 1.54) is 6.92 Å². The van der Waals surface area contributed by atoms with Gasteiger partial charge in [-0.25, -0.2) is 9.59 Å². The summed E-state index contributed by atoms with van der Waals surface area (Å²) in [6.45, 7) is 10.5. The summed E-state index contributed by atoms with van der Waals surface area (Å²) in [6, 6.07) is 0.151. The number of fused-ring (bicyclic) bond motifs is 5. The highest BCUT2D eigenvalue weighted by molar-refractivity contribution is 5.85. The molecule has 4 aliphatic carbocycles. The van der Waals surface area contributed by atoms with Crippen molar-refractivity contribution < 1.29 is 38.4 Å². The zero-order chi connectivity index (χ0) is 30.6. The molecule has 9 atom stereocenters. The fourth-order valence-corrected chi connectivity index (χ4v) is 10.4. The van der Waals surface area contributed by atoms with Crippen molar-refractivity contribution in [3.8, 4) is 0 Å². The van der Waals surface area contributed by atoms with Gasteiger partial charge in [-0.3, -0.25) is 9.69 Å². The Morgan fingerprint density at radius 1 is 1.12 bits per heavy atom. The monoisotopic (exact) mass is 602 g/mol. The van der Waals surface area contributed by atoms with E-state index in [-0.39, 0.29) is 47.9 Å². The van der Waals surface area contributed by atoms with Crippen molar-refractivity contribution in [1.29, 1.82) is 0 Å². The summed E-state index contributed by atoms with van der Waals surface area (Å²) in [5.41, 5.74) is -0.606. The standard InChI is InChI=1S/C33H50N2O8/c1-21(36)43-27-19-33(39)26-6-5-23-18-24(34(4)30(38)41-16-13-35-11-14-40-15-12-35)7-9-31(23,2)25(26)8-10-32(33,3)29(27)22-17-28(37)42-20-22/h17,23-27,29,39H,5-16,18-20H2,1-4H3/t23-,24-,25-,26-,27-,29+,31-,32-,33-/m1/s1. The van der Waals surface area contributed by atoms with Crippen LogP contribution in [0.25, 0.3) is 0 Å². The lowest BCUT2D eigenvalue weighted by Crippen LogP contribution is -2.62. The highest BCUT2D eigenvalue weighted by atomic mass is 16.6. The van der Waals surface area contributed by atoms with Gasteiger partial charge in [0.15, 0.2) is 0 Å². The Balaban J connectivity index is 1.13. The maximum absolute atomic E-state index is 13.0. The van der Waals surface area contributed by atoms with E-state index in [0.717, 1.165) is 83.4 Å². The van der Waals surface area contributed by atoms with Gasteiger partial charge >= 0.3 is 18.0 Å². The molecule has 6 aliphatic rings. The Bertz CT molecular complexity index is 1140. The van der Waals surface area contributed by atoms with Crippen LogP contribution in [0.2, 0.25) is 0 Å². The summed E-state index contributed by atoms with van der Waals surface area (Å²) in [5, 5.41) is 12.7. The second-order valence-electron chi connectivity index (χ2n) is 14.6. The van der Waals surface area contributed by atoms with E-state index in [1.54, 1.807) is 6.08 Å². The summed E-state index contributed by atoms with van der Waals surface area (Å²) in [5.74, 6) is -0.0510. The summed E-state index contributed by atoms with van der Waals surface area (Å²) in [6.07, 6.45) is 7.81. The SMILES string of the molecule is CC(=O)O[C@@H]1C[C@@]2(O)[C@@H]3CC[C@@H]4C[C@H](N(C)C(=O)OCCN5CCOCC5)CC[C@@]4(C)[C@@H]3CC[C@]2(C)[C@H]1C1=CC(=O)OC1. The molecule has 1 saturated heterocycles. The predicted molar refractivity (Wildman–Crippen MR) is 157 cm³/mol. The molecule has 5 fully saturated rings. The third kappa shape index (κ3) is 5.29. The van der Waals surface area contributed by atoms with Gasteiger partial charge in [0, 0.05) is 63.5 Å². The van der Waals surface area contributed by atoms with Crippen molar-refractivity contribution in [1.82, 2.24) is 9.80 Å². The Kier molecular flexibility index (Phi) is 8.35. The van der Waals surface area contributed by atoms with Gasteiger partial charge in [-0.15, -0.1) is 0 Å². The second kappa shape index (κ2) is 11.6. The highest BCUT2D eigenvalue weighted by Crippen LogP contribution is 2.70. The molecule has 4 saturated carbocycles. The minimum absolute atomic E-state index is 0.0677. The number of amides is 1.